The first-order chi connectivity index (χ1) is 17.6. The van der Waals surface area contributed by atoms with Gasteiger partial charge in [-0.1, -0.05) is 6.07 Å². The van der Waals surface area contributed by atoms with Gasteiger partial charge < -0.3 is 9.47 Å². The second-order valence-electron chi connectivity index (χ2n) is 9.30. The van der Waals surface area contributed by atoms with Gasteiger partial charge in [-0.15, -0.1) is 0 Å². The normalized spacial score (nSPS) is 16.4. The van der Waals surface area contributed by atoms with Crippen LogP contribution in [0.15, 0.2) is 42.6 Å². The Hall–Kier alpha value is -3.06. The molecule has 2 N–H and O–H groups in total. The maximum absolute atomic E-state index is 15.0. The molecule has 1 aromatic heterocycles. The number of amides is 1. The average molecular weight is 535 g/mol. The van der Waals surface area contributed by atoms with E-state index in [9.17, 15) is 17.6 Å². The highest BCUT2D eigenvalue weighted by molar-refractivity contribution is 7.92. The summed E-state index contributed by atoms with van der Waals surface area (Å²) in [4.78, 5) is 14.3. The second kappa shape index (κ2) is 11.1. The van der Waals surface area contributed by atoms with Crippen molar-refractivity contribution in [2.24, 2.45) is 0 Å². The number of rotatable bonds is 10. The Labute approximate surface area is 214 Å². The highest BCUT2D eigenvalue weighted by Gasteiger charge is 2.43. The predicted octanol–water partition coefficient (Wildman–Crippen LogP) is 2.25. The van der Waals surface area contributed by atoms with Gasteiger partial charge in [0.25, 0.3) is 5.91 Å². The number of carbonyl (C=O) groups is 1. The molecule has 200 valence electrons. The van der Waals surface area contributed by atoms with Crippen LogP contribution in [-0.4, -0.2) is 84.7 Å². The number of nitrogens with zero attached hydrogens (tertiary/aromatic N) is 3. The number of hydrogen-bond acceptors (Lipinski definition) is 8. The zero-order chi connectivity index (χ0) is 26.6. The van der Waals surface area contributed by atoms with Crippen molar-refractivity contribution in [3.8, 4) is 16.9 Å². The van der Waals surface area contributed by atoms with Crippen LogP contribution in [0.4, 0.5) is 4.39 Å². The Balaban J connectivity index is 1.44. The van der Waals surface area contributed by atoms with Gasteiger partial charge in [-0.25, -0.2) is 18.3 Å². The van der Waals surface area contributed by atoms with E-state index in [-0.39, 0.29) is 13.0 Å². The largest absolute Gasteiger partial charge is 0.492 e. The van der Waals surface area contributed by atoms with Gasteiger partial charge in [0.05, 0.1) is 18.7 Å². The lowest BCUT2D eigenvalue weighted by atomic mass is 10.0. The molecular weight excluding hydrogens is 503 g/mol. The van der Waals surface area contributed by atoms with Crippen LogP contribution < -0.4 is 10.2 Å². The molecule has 0 bridgehead atoms. The standard InChI is InChI=1S/C25H31FN4O6S/c1-25(24(31)28-32,37(2,33)34)7-8-30-17-19-15-18(3-6-23(19)27-30)21-5-4-20(16-22(21)26)36-14-11-29-9-12-35-13-10-29/h3-6,15-17,32H,7-14H2,1-2H3,(H,28,31). The monoisotopic (exact) mass is 534 g/mol. The van der Waals surface area contributed by atoms with Gasteiger partial charge in [0.1, 0.15) is 18.2 Å². The van der Waals surface area contributed by atoms with Crippen LogP contribution in [0.25, 0.3) is 22.0 Å². The van der Waals surface area contributed by atoms with E-state index in [1.165, 1.54) is 23.2 Å². The number of carbonyl (C=O) groups excluding carboxylic acids is 1. The molecule has 0 radical (unpaired) electrons. The van der Waals surface area contributed by atoms with Crippen LogP contribution in [0.2, 0.25) is 0 Å². The van der Waals surface area contributed by atoms with Crippen LogP contribution in [0, 0.1) is 5.82 Å². The van der Waals surface area contributed by atoms with E-state index in [0.717, 1.165) is 31.3 Å². The molecule has 12 heteroatoms. The summed E-state index contributed by atoms with van der Waals surface area (Å²) in [6.07, 6.45) is 2.56. The Kier molecular flexibility index (Phi) is 8.12. The molecule has 0 aliphatic carbocycles. The smallest absolute Gasteiger partial charge is 0.264 e. The number of fused-ring (bicyclic) bond motifs is 1. The number of morpholine rings is 1. The van der Waals surface area contributed by atoms with Gasteiger partial charge in [-0.3, -0.25) is 19.6 Å². The Morgan fingerprint density at radius 3 is 2.65 bits per heavy atom. The number of nitrogens with one attached hydrogen (secondary N) is 1. The molecule has 1 aliphatic heterocycles. The summed E-state index contributed by atoms with van der Waals surface area (Å²) in [6.45, 7) is 5.75. The van der Waals surface area contributed by atoms with Gasteiger partial charge in [-0.2, -0.15) is 5.10 Å². The molecule has 2 heterocycles. The van der Waals surface area contributed by atoms with E-state index >= 15 is 0 Å². The second-order valence-corrected chi connectivity index (χ2v) is 11.7. The number of benzene rings is 2. The van der Waals surface area contributed by atoms with E-state index in [0.29, 0.717) is 42.2 Å². The molecule has 1 amide bonds. The molecule has 1 saturated heterocycles. The number of sulfone groups is 1. The van der Waals surface area contributed by atoms with Crippen molar-refractivity contribution in [1.29, 1.82) is 0 Å². The molecule has 1 fully saturated rings. The van der Waals surface area contributed by atoms with E-state index in [2.05, 4.69) is 10.00 Å². The minimum absolute atomic E-state index is 0.0965. The molecule has 1 unspecified atom stereocenters. The maximum atomic E-state index is 15.0. The first kappa shape index (κ1) is 27.0. The number of aromatic nitrogens is 2. The van der Waals surface area contributed by atoms with Crippen molar-refractivity contribution >= 4 is 26.6 Å². The number of hydroxylamine groups is 1. The number of aryl methyl sites for hydroxylation is 1. The van der Waals surface area contributed by atoms with Gasteiger partial charge in [0.2, 0.25) is 0 Å². The summed E-state index contributed by atoms with van der Waals surface area (Å²) < 4.78 is 50.1. The summed E-state index contributed by atoms with van der Waals surface area (Å²) in [5.74, 6) is -0.947. The van der Waals surface area contributed by atoms with E-state index in [1.54, 1.807) is 36.5 Å². The van der Waals surface area contributed by atoms with Crippen LogP contribution in [0.1, 0.15) is 13.3 Å². The topological polar surface area (TPSA) is 123 Å². The van der Waals surface area contributed by atoms with Crippen LogP contribution >= 0.6 is 0 Å². The highest BCUT2D eigenvalue weighted by Crippen LogP contribution is 2.29. The minimum atomic E-state index is -3.81. The SMILES string of the molecule is CC(CCn1cc2cc(-c3ccc(OCCN4CCOCC4)cc3F)ccc2n1)(C(=O)NO)S(C)(=O)=O. The molecule has 1 atom stereocenters. The lowest BCUT2D eigenvalue weighted by Crippen LogP contribution is -2.49. The van der Waals surface area contributed by atoms with Crippen molar-refractivity contribution in [3.05, 3.63) is 48.4 Å². The molecule has 2 aromatic carbocycles. The van der Waals surface area contributed by atoms with Crippen molar-refractivity contribution in [3.63, 3.8) is 0 Å². The third-order valence-electron chi connectivity index (χ3n) is 6.80. The summed E-state index contributed by atoms with van der Waals surface area (Å²) >= 11 is 0. The summed E-state index contributed by atoms with van der Waals surface area (Å²) in [7, 11) is -3.81. The molecule has 3 aromatic rings. The van der Waals surface area contributed by atoms with Gasteiger partial charge >= 0.3 is 0 Å². The quantitative estimate of drug-likeness (QED) is 0.300. The number of hydrogen-bond donors (Lipinski definition) is 2. The Bertz CT molecular complexity index is 1370. The zero-order valence-corrected chi connectivity index (χ0v) is 21.6. The first-order valence-corrected chi connectivity index (χ1v) is 13.8. The molecule has 0 spiro atoms. The Morgan fingerprint density at radius 2 is 1.97 bits per heavy atom. The van der Waals surface area contributed by atoms with Gasteiger partial charge in [0.15, 0.2) is 14.6 Å². The van der Waals surface area contributed by atoms with Gasteiger partial charge in [0, 0.05) is 55.6 Å². The van der Waals surface area contributed by atoms with E-state index < -0.39 is 26.3 Å². The lowest BCUT2D eigenvalue weighted by Gasteiger charge is -2.26. The fourth-order valence-corrected chi connectivity index (χ4v) is 5.05. The van der Waals surface area contributed by atoms with E-state index in [4.69, 9.17) is 14.7 Å². The maximum Gasteiger partial charge on any atom is 0.264 e. The van der Waals surface area contributed by atoms with Crippen molar-refractivity contribution in [2.75, 3.05) is 45.7 Å². The number of ether oxygens (including phenoxy) is 2. The molecule has 37 heavy (non-hydrogen) atoms. The molecule has 1 aliphatic rings. The predicted molar refractivity (Wildman–Crippen MR) is 136 cm³/mol. The van der Waals surface area contributed by atoms with Gasteiger partial charge in [-0.05, 0) is 43.2 Å². The average Bonchev–Trinajstić information content (AvgIpc) is 3.29. The van der Waals surface area contributed by atoms with Crippen molar-refractivity contribution in [2.45, 2.75) is 24.6 Å². The third-order valence-corrected chi connectivity index (χ3v) is 8.83. The summed E-state index contributed by atoms with van der Waals surface area (Å²) in [5, 5.41) is 14.1. The minimum Gasteiger partial charge on any atom is -0.492 e. The Morgan fingerprint density at radius 1 is 1.22 bits per heavy atom. The lowest BCUT2D eigenvalue weighted by molar-refractivity contribution is -0.131. The third kappa shape index (κ3) is 6.09. The molecule has 4 rings (SSSR count). The van der Waals surface area contributed by atoms with E-state index in [1.807, 2.05) is 0 Å². The fourth-order valence-electron chi connectivity index (χ4n) is 4.21. The van der Waals surface area contributed by atoms with Crippen molar-refractivity contribution < 1.29 is 32.3 Å². The molecule has 0 saturated carbocycles. The highest BCUT2D eigenvalue weighted by atomic mass is 32.2. The summed E-state index contributed by atoms with van der Waals surface area (Å²) in [5.41, 5.74) is 3.15. The summed E-state index contributed by atoms with van der Waals surface area (Å²) in [6, 6.07) is 10.1. The number of halogens is 1. The van der Waals surface area contributed by atoms with Crippen LogP contribution in [-0.2, 0) is 25.9 Å². The first-order valence-electron chi connectivity index (χ1n) is 11.9. The van der Waals surface area contributed by atoms with Crippen LogP contribution in [0.3, 0.4) is 0 Å². The fraction of sp³-hybridized carbons (Fsp3) is 0.440. The van der Waals surface area contributed by atoms with Crippen LogP contribution in [0.5, 0.6) is 5.75 Å². The molecular formula is C25H31FN4O6S. The molecule has 10 nitrogen and oxygen atoms in total. The van der Waals surface area contributed by atoms with Crippen molar-refractivity contribution in [1.82, 2.24) is 20.2 Å². The zero-order valence-electron chi connectivity index (χ0n) is 20.8.